The molecule has 0 atom stereocenters. The zero-order valence-electron chi connectivity index (χ0n) is 11.1. The number of amides is 1. The molecule has 0 spiro atoms. The lowest BCUT2D eigenvalue weighted by Gasteiger charge is -2.09. The molecular formula is C13H14N4O3. The van der Waals surface area contributed by atoms with Crippen molar-refractivity contribution in [2.45, 2.75) is 6.92 Å². The van der Waals surface area contributed by atoms with Crippen LogP contribution in [0.1, 0.15) is 17.3 Å². The van der Waals surface area contributed by atoms with Gasteiger partial charge in [-0.1, -0.05) is 12.1 Å². The van der Waals surface area contributed by atoms with Gasteiger partial charge in [0.05, 0.1) is 11.8 Å². The molecule has 1 amide bonds. The third-order valence-corrected chi connectivity index (χ3v) is 2.65. The number of nitrogens with two attached hydrogens (primary N) is 1. The van der Waals surface area contributed by atoms with Crippen LogP contribution in [0, 0.1) is 0 Å². The molecular weight excluding hydrogens is 260 g/mol. The van der Waals surface area contributed by atoms with Crippen molar-refractivity contribution in [2.75, 3.05) is 11.1 Å². The van der Waals surface area contributed by atoms with Crippen LogP contribution in [-0.4, -0.2) is 21.4 Å². The Labute approximate surface area is 115 Å². The van der Waals surface area contributed by atoms with Gasteiger partial charge in [-0.15, -0.1) is 0 Å². The maximum atomic E-state index is 12.2. The molecule has 7 nitrogen and oxygen atoms in total. The van der Waals surface area contributed by atoms with Gasteiger partial charge in [0, 0.05) is 14.0 Å². The Bertz CT molecular complexity index is 663. The average molecular weight is 274 g/mol. The molecule has 0 aliphatic rings. The highest BCUT2D eigenvalue weighted by molar-refractivity contribution is 6.06. The van der Waals surface area contributed by atoms with Crippen LogP contribution in [0.3, 0.4) is 0 Å². The minimum absolute atomic E-state index is 0.202. The van der Waals surface area contributed by atoms with Crippen molar-refractivity contribution in [1.29, 1.82) is 0 Å². The first-order valence-corrected chi connectivity index (χ1v) is 5.85. The summed E-state index contributed by atoms with van der Waals surface area (Å²) in [6, 6.07) is 6.47. The third kappa shape index (κ3) is 2.77. The van der Waals surface area contributed by atoms with Crippen molar-refractivity contribution < 1.29 is 14.3 Å². The van der Waals surface area contributed by atoms with Crippen molar-refractivity contribution in [3.63, 3.8) is 0 Å². The lowest BCUT2D eigenvalue weighted by Crippen LogP contribution is -2.16. The highest BCUT2D eigenvalue weighted by Gasteiger charge is 2.15. The largest absolute Gasteiger partial charge is 0.426 e. The number of imidazole rings is 1. The van der Waals surface area contributed by atoms with Crippen LogP contribution < -0.4 is 15.8 Å². The second-order valence-corrected chi connectivity index (χ2v) is 4.10. The van der Waals surface area contributed by atoms with Gasteiger partial charge in [-0.05, 0) is 12.1 Å². The predicted octanol–water partition coefficient (Wildman–Crippen LogP) is 1.18. The molecule has 2 aromatic rings. The molecule has 2 rings (SSSR count). The molecule has 0 radical (unpaired) electrons. The standard InChI is InChI=1S/C13H14N4O3/c1-8(18)20-10-6-4-3-5-9(10)12(19)16-11-7-15-13(14)17(11)2/h3-7H,1-2H3,(H2,14,15)(H,16,19). The Morgan fingerprint density at radius 1 is 1.35 bits per heavy atom. The summed E-state index contributed by atoms with van der Waals surface area (Å²) >= 11 is 0. The molecule has 0 fully saturated rings. The smallest absolute Gasteiger partial charge is 0.308 e. The van der Waals surface area contributed by atoms with E-state index < -0.39 is 11.9 Å². The number of nitrogens with zero attached hydrogens (tertiary/aromatic N) is 2. The molecule has 0 saturated carbocycles. The Kier molecular flexibility index (Phi) is 3.69. The number of anilines is 2. The van der Waals surface area contributed by atoms with Crippen LogP contribution in [0.25, 0.3) is 0 Å². The third-order valence-electron chi connectivity index (χ3n) is 2.65. The predicted molar refractivity (Wildman–Crippen MR) is 73.3 cm³/mol. The van der Waals surface area contributed by atoms with Crippen LogP contribution in [0.15, 0.2) is 30.5 Å². The summed E-state index contributed by atoms with van der Waals surface area (Å²) in [5, 5.41) is 2.65. The van der Waals surface area contributed by atoms with Crippen LogP contribution in [0.2, 0.25) is 0 Å². The summed E-state index contributed by atoms with van der Waals surface area (Å²) in [7, 11) is 1.68. The number of hydrogen-bond donors (Lipinski definition) is 2. The number of carbonyl (C=O) groups is 2. The number of para-hydroxylation sites is 1. The van der Waals surface area contributed by atoms with E-state index in [2.05, 4.69) is 10.3 Å². The first-order valence-electron chi connectivity index (χ1n) is 5.85. The molecule has 0 saturated heterocycles. The summed E-state index contributed by atoms with van der Waals surface area (Å²) in [4.78, 5) is 27.1. The van der Waals surface area contributed by atoms with Crippen LogP contribution in [-0.2, 0) is 11.8 Å². The molecule has 3 N–H and O–H groups in total. The Morgan fingerprint density at radius 3 is 2.65 bits per heavy atom. The number of aromatic nitrogens is 2. The molecule has 1 aromatic heterocycles. The van der Waals surface area contributed by atoms with Crippen molar-refractivity contribution in [3.05, 3.63) is 36.0 Å². The molecule has 104 valence electrons. The zero-order chi connectivity index (χ0) is 14.7. The molecule has 0 unspecified atom stereocenters. The Morgan fingerprint density at radius 2 is 2.05 bits per heavy atom. The Hall–Kier alpha value is -2.83. The minimum Gasteiger partial charge on any atom is -0.426 e. The quantitative estimate of drug-likeness (QED) is 0.646. The second kappa shape index (κ2) is 5.43. The van der Waals surface area contributed by atoms with E-state index in [0.29, 0.717) is 5.82 Å². The number of hydrogen-bond acceptors (Lipinski definition) is 5. The number of nitrogen functional groups attached to an aromatic ring is 1. The van der Waals surface area contributed by atoms with Gasteiger partial charge < -0.3 is 20.4 Å². The van der Waals surface area contributed by atoms with E-state index in [4.69, 9.17) is 10.5 Å². The van der Waals surface area contributed by atoms with Gasteiger partial charge in [0.2, 0.25) is 5.95 Å². The number of carbonyl (C=O) groups excluding carboxylic acids is 2. The fraction of sp³-hybridized carbons (Fsp3) is 0.154. The molecule has 7 heteroatoms. The topological polar surface area (TPSA) is 99.2 Å². The molecule has 20 heavy (non-hydrogen) atoms. The molecule has 0 bridgehead atoms. The van der Waals surface area contributed by atoms with Gasteiger partial charge >= 0.3 is 5.97 Å². The van der Waals surface area contributed by atoms with Crippen molar-refractivity contribution in [2.24, 2.45) is 7.05 Å². The lowest BCUT2D eigenvalue weighted by molar-refractivity contribution is -0.131. The fourth-order valence-corrected chi connectivity index (χ4v) is 1.62. The number of rotatable bonds is 3. The Balaban J connectivity index is 2.25. The van der Waals surface area contributed by atoms with Crippen molar-refractivity contribution >= 4 is 23.6 Å². The van der Waals surface area contributed by atoms with E-state index in [1.165, 1.54) is 17.7 Å². The first kappa shape index (κ1) is 13.6. The molecule has 1 aromatic carbocycles. The SMILES string of the molecule is CC(=O)Oc1ccccc1C(=O)Nc1cnc(N)n1C. The van der Waals surface area contributed by atoms with Gasteiger partial charge in [-0.3, -0.25) is 9.59 Å². The van der Waals surface area contributed by atoms with Gasteiger partial charge in [0.25, 0.3) is 5.91 Å². The van der Waals surface area contributed by atoms with E-state index in [1.54, 1.807) is 31.3 Å². The maximum absolute atomic E-state index is 12.2. The van der Waals surface area contributed by atoms with E-state index in [0.717, 1.165) is 0 Å². The van der Waals surface area contributed by atoms with E-state index >= 15 is 0 Å². The van der Waals surface area contributed by atoms with Crippen LogP contribution >= 0.6 is 0 Å². The van der Waals surface area contributed by atoms with Gasteiger partial charge in [0.1, 0.15) is 11.6 Å². The summed E-state index contributed by atoms with van der Waals surface area (Å²) in [6.45, 7) is 1.27. The summed E-state index contributed by atoms with van der Waals surface area (Å²) < 4.78 is 6.53. The monoisotopic (exact) mass is 274 g/mol. The second-order valence-electron chi connectivity index (χ2n) is 4.10. The number of ether oxygens (including phenoxy) is 1. The summed E-state index contributed by atoms with van der Waals surface area (Å²) in [5.41, 5.74) is 5.83. The normalized spacial score (nSPS) is 10.1. The van der Waals surface area contributed by atoms with E-state index in [9.17, 15) is 9.59 Å². The van der Waals surface area contributed by atoms with Gasteiger partial charge in [0.15, 0.2) is 0 Å². The highest BCUT2D eigenvalue weighted by atomic mass is 16.5. The molecule has 1 heterocycles. The number of benzene rings is 1. The van der Waals surface area contributed by atoms with Crippen molar-refractivity contribution in [3.8, 4) is 5.75 Å². The summed E-state index contributed by atoms with van der Waals surface area (Å²) in [6.07, 6.45) is 1.45. The van der Waals surface area contributed by atoms with Gasteiger partial charge in [-0.25, -0.2) is 4.98 Å². The maximum Gasteiger partial charge on any atom is 0.308 e. The van der Waals surface area contributed by atoms with E-state index in [1.807, 2.05) is 0 Å². The molecule has 0 aliphatic heterocycles. The minimum atomic E-state index is -0.491. The fourth-order valence-electron chi connectivity index (χ4n) is 1.62. The first-order chi connectivity index (χ1) is 9.49. The van der Waals surface area contributed by atoms with Crippen LogP contribution in [0.4, 0.5) is 11.8 Å². The average Bonchev–Trinajstić information content (AvgIpc) is 2.70. The number of esters is 1. The zero-order valence-corrected chi connectivity index (χ0v) is 11.1. The van der Waals surface area contributed by atoms with Gasteiger partial charge in [-0.2, -0.15) is 0 Å². The van der Waals surface area contributed by atoms with E-state index in [-0.39, 0.29) is 17.3 Å². The van der Waals surface area contributed by atoms with Crippen LogP contribution in [0.5, 0.6) is 5.75 Å². The van der Waals surface area contributed by atoms with Crippen molar-refractivity contribution in [1.82, 2.24) is 9.55 Å². The number of nitrogens with one attached hydrogen (secondary N) is 1. The summed E-state index contributed by atoms with van der Waals surface area (Å²) in [5.74, 6) is 0.0335. The lowest BCUT2D eigenvalue weighted by atomic mass is 10.2. The highest BCUT2D eigenvalue weighted by Crippen LogP contribution is 2.20. The molecule has 0 aliphatic carbocycles.